The SMILES string of the molecule is COC(=O)c1ccc(-c2nnc(N3C[C@H](NC(=O)NC(C)CC(C)C)[C@@H](OC)C3)[nH]2)cc1. The van der Waals surface area contributed by atoms with Crippen LogP contribution in [-0.4, -0.2) is 72.7 Å². The molecule has 174 valence electrons. The van der Waals surface area contributed by atoms with Crippen LogP contribution in [0.5, 0.6) is 0 Å². The van der Waals surface area contributed by atoms with Crippen LogP contribution in [-0.2, 0) is 9.47 Å². The molecule has 2 heterocycles. The minimum absolute atomic E-state index is 0.0934. The van der Waals surface area contributed by atoms with E-state index in [1.807, 2.05) is 11.8 Å². The number of carbonyl (C=O) groups excluding carboxylic acids is 2. The lowest BCUT2D eigenvalue weighted by atomic mass is 10.1. The molecule has 0 spiro atoms. The number of aromatic amines is 1. The van der Waals surface area contributed by atoms with Gasteiger partial charge < -0.3 is 30.0 Å². The number of nitrogens with one attached hydrogen (secondary N) is 3. The molecular formula is C22H32N6O4. The molecule has 1 unspecified atom stereocenters. The van der Waals surface area contributed by atoms with Gasteiger partial charge in [-0.1, -0.05) is 26.0 Å². The van der Waals surface area contributed by atoms with Gasteiger partial charge in [0.15, 0.2) is 5.82 Å². The molecule has 1 fully saturated rings. The monoisotopic (exact) mass is 444 g/mol. The van der Waals surface area contributed by atoms with Crippen molar-refractivity contribution in [3.8, 4) is 11.4 Å². The second kappa shape index (κ2) is 10.4. The maximum atomic E-state index is 12.4. The summed E-state index contributed by atoms with van der Waals surface area (Å²) in [7, 11) is 2.98. The molecule has 3 atom stereocenters. The van der Waals surface area contributed by atoms with E-state index in [2.05, 4.69) is 39.7 Å². The van der Waals surface area contributed by atoms with Crippen molar-refractivity contribution in [2.24, 2.45) is 5.92 Å². The highest BCUT2D eigenvalue weighted by molar-refractivity contribution is 5.89. The van der Waals surface area contributed by atoms with Crippen molar-refractivity contribution in [3.63, 3.8) is 0 Å². The number of carbonyl (C=O) groups is 2. The summed E-state index contributed by atoms with van der Waals surface area (Å²) >= 11 is 0. The molecule has 0 radical (unpaired) electrons. The maximum Gasteiger partial charge on any atom is 0.337 e. The molecule has 2 aromatic rings. The average Bonchev–Trinajstić information content (AvgIpc) is 3.39. The summed E-state index contributed by atoms with van der Waals surface area (Å²) in [6, 6.07) is 6.64. The Kier molecular flexibility index (Phi) is 7.68. The van der Waals surface area contributed by atoms with Gasteiger partial charge in [-0.3, -0.25) is 0 Å². The zero-order chi connectivity index (χ0) is 23.3. The number of hydrogen-bond acceptors (Lipinski definition) is 7. The normalized spacial score (nSPS) is 19.1. The van der Waals surface area contributed by atoms with Crippen LogP contribution in [0.15, 0.2) is 24.3 Å². The molecule has 1 aliphatic rings. The van der Waals surface area contributed by atoms with E-state index in [1.54, 1.807) is 31.4 Å². The van der Waals surface area contributed by atoms with Gasteiger partial charge in [0.05, 0.1) is 24.8 Å². The second-order valence-electron chi connectivity index (χ2n) is 8.50. The lowest BCUT2D eigenvalue weighted by molar-refractivity contribution is 0.0600. The number of esters is 1. The maximum absolute atomic E-state index is 12.4. The largest absolute Gasteiger partial charge is 0.465 e. The molecule has 32 heavy (non-hydrogen) atoms. The molecule has 3 rings (SSSR count). The zero-order valence-electron chi connectivity index (χ0n) is 19.2. The molecule has 10 heteroatoms. The van der Waals surface area contributed by atoms with Crippen LogP contribution in [0.25, 0.3) is 11.4 Å². The van der Waals surface area contributed by atoms with Crippen LogP contribution in [0, 0.1) is 5.92 Å². The van der Waals surface area contributed by atoms with Crippen LogP contribution in [0.2, 0.25) is 0 Å². The summed E-state index contributed by atoms with van der Waals surface area (Å²) in [5.74, 6) is 1.30. The summed E-state index contributed by atoms with van der Waals surface area (Å²) in [6.07, 6.45) is 0.744. The third-order valence-corrected chi connectivity index (χ3v) is 5.44. The minimum atomic E-state index is -0.390. The van der Waals surface area contributed by atoms with E-state index in [9.17, 15) is 9.59 Å². The molecule has 1 aromatic carbocycles. The van der Waals surface area contributed by atoms with Crippen molar-refractivity contribution < 1.29 is 19.1 Å². The van der Waals surface area contributed by atoms with Crippen LogP contribution in [0.1, 0.15) is 37.6 Å². The van der Waals surface area contributed by atoms with Gasteiger partial charge in [-0.15, -0.1) is 10.2 Å². The number of aromatic nitrogens is 3. The van der Waals surface area contributed by atoms with Gasteiger partial charge in [-0.25, -0.2) is 9.59 Å². The summed E-state index contributed by atoms with van der Waals surface area (Å²) in [4.78, 5) is 29.2. The number of hydrogen-bond donors (Lipinski definition) is 3. The second-order valence-corrected chi connectivity index (χ2v) is 8.50. The van der Waals surface area contributed by atoms with Gasteiger partial charge in [0.2, 0.25) is 5.95 Å². The number of methoxy groups -OCH3 is 2. The standard InChI is InChI=1S/C22H32N6O4/c1-13(2)10-14(3)23-22(30)24-17-11-28(12-18(17)31-4)21-25-19(26-27-21)15-6-8-16(9-7-15)20(29)32-5/h6-9,13-14,17-18H,10-12H2,1-5H3,(H2,23,24,30)(H,25,26,27)/t14?,17-,18-/m0/s1. The van der Waals surface area contributed by atoms with Gasteiger partial charge in [0, 0.05) is 31.8 Å². The Morgan fingerprint density at radius 2 is 1.88 bits per heavy atom. The van der Waals surface area contributed by atoms with E-state index in [4.69, 9.17) is 9.47 Å². The first kappa shape index (κ1) is 23.5. The fourth-order valence-electron chi connectivity index (χ4n) is 3.93. The molecule has 2 amide bonds. The number of rotatable bonds is 8. The number of amides is 2. The quantitative estimate of drug-likeness (QED) is 0.534. The molecule has 3 N–H and O–H groups in total. The van der Waals surface area contributed by atoms with E-state index < -0.39 is 5.97 Å². The average molecular weight is 445 g/mol. The van der Waals surface area contributed by atoms with Gasteiger partial charge in [-0.05, 0) is 31.4 Å². The van der Waals surface area contributed by atoms with E-state index >= 15 is 0 Å². The third-order valence-electron chi connectivity index (χ3n) is 5.44. The van der Waals surface area contributed by atoms with E-state index in [0.717, 1.165) is 12.0 Å². The number of ether oxygens (including phenoxy) is 2. The molecule has 1 saturated heterocycles. The summed E-state index contributed by atoms with van der Waals surface area (Å²) in [5.41, 5.74) is 1.26. The Balaban J connectivity index is 1.62. The zero-order valence-corrected chi connectivity index (χ0v) is 19.2. The topological polar surface area (TPSA) is 121 Å². The fourth-order valence-corrected chi connectivity index (χ4v) is 3.93. The van der Waals surface area contributed by atoms with Gasteiger partial charge in [-0.2, -0.15) is 0 Å². The Morgan fingerprint density at radius 1 is 1.16 bits per heavy atom. The highest BCUT2D eigenvalue weighted by Gasteiger charge is 2.35. The van der Waals surface area contributed by atoms with Gasteiger partial charge >= 0.3 is 12.0 Å². The predicted octanol–water partition coefficient (Wildman–Crippen LogP) is 2.20. The molecule has 0 aliphatic carbocycles. The van der Waals surface area contributed by atoms with Crippen molar-refractivity contribution in [1.29, 1.82) is 0 Å². The number of nitrogens with zero attached hydrogens (tertiary/aromatic N) is 3. The van der Waals surface area contributed by atoms with Crippen LogP contribution < -0.4 is 15.5 Å². The Bertz CT molecular complexity index is 913. The lowest BCUT2D eigenvalue weighted by Gasteiger charge is -2.21. The molecule has 1 aromatic heterocycles. The van der Waals surface area contributed by atoms with Crippen molar-refractivity contribution >= 4 is 17.9 Å². The Morgan fingerprint density at radius 3 is 2.50 bits per heavy atom. The van der Waals surface area contributed by atoms with Crippen molar-refractivity contribution in [3.05, 3.63) is 29.8 Å². The first-order valence-corrected chi connectivity index (χ1v) is 10.8. The van der Waals surface area contributed by atoms with E-state index in [0.29, 0.717) is 36.3 Å². The molecular weight excluding hydrogens is 412 g/mol. The van der Waals surface area contributed by atoms with Crippen LogP contribution >= 0.6 is 0 Å². The van der Waals surface area contributed by atoms with Crippen LogP contribution in [0.3, 0.4) is 0 Å². The predicted molar refractivity (Wildman–Crippen MR) is 121 cm³/mol. The summed E-state index contributed by atoms with van der Waals surface area (Å²) in [6.45, 7) is 7.37. The van der Waals surface area contributed by atoms with Gasteiger partial charge in [0.25, 0.3) is 0 Å². The van der Waals surface area contributed by atoms with Crippen molar-refractivity contribution in [1.82, 2.24) is 25.8 Å². The minimum Gasteiger partial charge on any atom is -0.465 e. The number of H-pyrrole nitrogens is 1. The van der Waals surface area contributed by atoms with Crippen LogP contribution in [0.4, 0.5) is 10.7 Å². The first-order valence-electron chi connectivity index (χ1n) is 10.8. The highest BCUT2D eigenvalue weighted by atomic mass is 16.5. The summed E-state index contributed by atoms with van der Waals surface area (Å²) in [5, 5.41) is 14.5. The smallest absolute Gasteiger partial charge is 0.337 e. The van der Waals surface area contributed by atoms with E-state index in [1.165, 1.54) is 7.11 Å². The molecule has 1 aliphatic heterocycles. The molecule has 0 bridgehead atoms. The summed E-state index contributed by atoms with van der Waals surface area (Å²) < 4.78 is 10.3. The van der Waals surface area contributed by atoms with Gasteiger partial charge in [0.1, 0.15) is 0 Å². The van der Waals surface area contributed by atoms with Crippen molar-refractivity contribution in [2.75, 3.05) is 32.2 Å². The number of anilines is 1. The van der Waals surface area contributed by atoms with E-state index in [-0.39, 0.29) is 24.2 Å². The third kappa shape index (κ3) is 5.76. The lowest BCUT2D eigenvalue weighted by Crippen LogP contribution is -2.50. The highest BCUT2D eigenvalue weighted by Crippen LogP contribution is 2.22. The van der Waals surface area contributed by atoms with Crippen molar-refractivity contribution in [2.45, 2.75) is 45.4 Å². The number of benzene rings is 1. The Labute approximate surface area is 188 Å². The number of urea groups is 1. The molecule has 0 saturated carbocycles. The first-order chi connectivity index (χ1) is 15.3. The molecule has 10 nitrogen and oxygen atoms in total. The fraction of sp³-hybridized carbons (Fsp3) is 0.545. The Hall–Kier alpha value is -3.14.